The van der Waals surface area contributed by atoms with E-state index >= 15 is 0 Å². The van der Waals surface area contributed by atoms with Gasteiger partial charge in [-0.2, -0.15) is 31.0 Å². The molecule has 0 spiro atoms. The van der Waals surface area contributed by atoms with Crippen LogP contribution in [0.5, 0.6) is 0 Å². The van der Waals surface area contributed by atoms with Gasteiger partial charge in [0.2, 0.25) is 0 Å². The zero-order chi connectivity index (χ0) is 23.3. The molecule has 33 heavy (non-hydrogen) atoms. The third-order valence-corrected chi connectivity index (χ3v) is 4.62. The molecule has 3 aromatic rings. The minimum Gasteiger partial charge on any atom is -0.560 e. The second kappa shape index (κ2) is 11.8. The van der Waals surface area contributed by atoms with E-state index in [1.54, 1.807) is 30.6 Å². The Balaban J connectivity index is 0.00000385. The molecule has 3 rings (SSSR count). The average Bonchev–Trinajstić information content (AvgIpc) is 3.15. The van der Waals surface area contributed by atoms with Gasteiger partial charge < -0.3 is 27.1 Å². The SMILES string of the molecule is Cc1cnc(NC=[C-]NC(C)c2cccc(NC(=O)c3cnc(C(F)(F)F)c(C)c3)c2)[cH-]1.[K+]. The van der Waals surface area contributed by atoms with Crippen molar-refractivity contribution in [3.05, 3.63) is 89.1 Å². The van der Waals surface area contributed by atoms with Crippen molar-refractivity contribution in [1.82, 2.24) is 15.3 Å². The fourth-order valence-corrected chi connectivity index (χ4v) is 2.99. The molecule has 2 aromatic heterocycles. The molecule has 6 nitrogen and oxygen atoms in total. The molecule has 1 atom stereocenters. The number of alkyl halides is 3. The third kappa shape index (κ3) is 7.71. The first kappa shape index (κ1) is 27.1. The van der Waals surface area contributed by atoms with E-state index in [2.05, 4.69) is 32.1 Å². The molecule has 0 aliphatic rings. The van der Waals surface area contributed by atoms with Gasteiger partial charge in [0.25, 0.3) is 5.91 Å². The zero-order valence-corrected chi connectivity index (χ0v) is 21.8. The quantitative estimate of drug-likeness (QED) is 0.274. The second-order valence-electron chi connectivity index (χ2n) is 7.30. The predicted molar refractivity (Wildman–Crippen MR) is 116 cm³/mol. The number of benzene rings is 1. The van der Waals surface area contributed by atoms with Crippen LogP contribution >= 0.6 is 0 Å². The van der Waals surface area contributed by atoms with Gasteiger partial charge >= 0.3 is 57.6 Å². The van der Waals surface area contributed by atoms with Gasteiger partial charge in [0.05, 0.1) is 5.56 Å². The van der Waals surface area contributed by atoms with Gasteiger partial charge in [-0.05, 0) is 43.2 Å². The Morgan fingerprint density at radius 3 is 2.58 bits per heavy atom. The van der Waals surface area contributed by atoms with E-state index in [0.29, 0.717) is 5.69 Å². The molecule has 0 aliphatic heterocycles. The maximum absolute atomic E-state index is 12.9. The molecule has 1 amide bonds. The maximum Gasteiger partial charge on any atom is 1.00 e. The molecule has 168 valence electrons. The van der Waals surface area contributed by atoms with Crippen LogP contribution in [0.2, 0.25) is 0 Å². The van der Waals surface area contributed by atoms with Gasteiger partial charge in [0.1, 0.15) is 5.69 Å². The fourth-order valence-electron chi connectivity index (χ4n) is 2.99. The molecular weight excluding hydrogens is 458 g/mol. The Kier molecular flexibility index (Phi) is 9.74. The number of rotatable bonds is 7. The van der Waals surface area contributed by atoms with E-state index in [9.17, 15) is 18.0 Å². The van der Waals surface area contributed by atoms with Crippen LogP contribution in [0, 0.1) is 20.0 Å². The first-order chi connectivity index (χ1) is 15.1. The van der Waals surface area contributed by atoms with Crippen LogP contribution in [-0.2, 0) is 6.18 Å². The summed E-state index contributed by atoms with van der Waals surface area (Å²) in [5.41, 5.74) is 1.39. The molecule has 1 aromatic carbocycles. The topological polar surface area (TPSA) is 78.9 Å². The summed E-state index contributed by atoms with van der Waals surface area (Å²) in [6, 6.07) is 10.1. The fraction of sp³-hybridized carbons (Fsp3) is 0.217. The summed E-state index contributed by atoms with van der Waals surface area (Å²) in [5.74, 6) is 0.183. The van der Waals surface area contributed by atoms with Gasteiger partial charge in [-0.15, -0.1) is 6.20 Å². The van der Waals surface area contributed by atoms with Crippen molar-refractivity contribution in [2.75, 3.05) is 10.6 Å². The van der Waals surface area contributed by atoms with Crippen LogP contribution in [-0.4, -0.2) is 15.9 Å². The summed E-state index contributed by atoms with van der Waals surface area (Å²) < 4.78 is 38.6. The predicted octanol–water partition coefficient (Wildman–Crippen LogP) is 2.12. The molecule has 2 heterocycles. The van der Waals surface area contributed by atoms with E-state index in [1.165, 1.54) is 13.0 Å². The number of nitrogens with one attached hydrogen (secondary N) is 3. The molecular formula is C23H22F3KN5O-. The summed E-state index contributed by atoms with van der Waals surface area (Å²) in [7, 11) is 0. The van der Waals surface area contributed by atoms with Crippen LogP contribution in [0.15, 0.2) is 55.0 Å². The van der Waals surface area contributed by atoms with Gasteiger partial charge in [-0.1, -0.05) is 19.1 Å². The molecule has 0 saturated heterocycles. The van der Waals surface area contributed by atoms with Gasteiger partial charge in [-0.25, -0.2) is 0 Å². The standard InChI is InChI=1S/C23H22F3N5O.K/c1-14-9-20(29-12-14)28-8-7-27-16(3)17-5-4-6-19(11-17)31-22(32)18-10-15(2)21(30-13-18)23(24,25)26;/h4-6,8-13,16,27H,1-3H3,(H,28,29)(H,31,32);/q-2;+1. The summed E-state index contributed by atoms with van der Waals surface area (Å²) in [6.45, 7) is 5.15. The second-order valence-corrected chi connectivity index (χ2v) is 7.30. The van der Waals surface area contributed by atoms with Gasteiger partial charge in [0.15, 0.2) is 0 Å². The molecule has 10 heteroatoms. The first-order valence-electron chi connectivity index (χ1n) is 9.77. The number of hydrogen-bond donors (Lipinski definition) is 3. The zero-order valence-electron chi connectivity index (χ0n) is 18.7. The van der Waals surface area contributed by atoms with E-state index in [0.717, 1.165) is 23.1 Å². The molecule has 0 fully saturated rings. The summed E-state index contributed by atoms with van der Waals surface area (Å²) in [5, 5.41) is 8.79. The van der Waals surface area contributed by atoms with Crippen molar-refractivity contribution in [2.45, 2.75) is 33.0 Å². The Labute approximate surface area is 232 Å². The molecule has 0 radical (unpaired) electrons. The van der Waals surface area contributed by atoms with Gasteiger partial charge in [0, 0.05) is 23.7 Å². The van der Waals surface area contributed by atoms with Crippen LogP contribution < -0.4 is 67.3 Å². The van der Waals surface area contributed by atoms with Crippen LogP contribution in [0.3, 0.4) is 0 Å². The number of hydrogen-bond acceptors (Lipinski definition) is 5. The van der Waals surface area contributed by atoms with Crippen LogP contribution in [0.25, 0.3) is 0 Å². The van der Waals surface area contributed by atoms with Gasteiger partial charge in [-0.3, -0.25) is 9.78 Å². The molecule has 0 bridgehead atoms. The Hall–Kier alpha value is -2.11. The molecule has 0 saturated carbocycles. The van der Waals surface area contributed by atoms with E-state index in [4.69, 9.17) is 0 Å². The van der Waals surface area contributed by atoms with E-state index in [-0.39, 0.29) is 68.6 Å². The number of anilines is 2. The number of aromatic nitrogens is 2. The normalized spacial score (nSPS) is 12.2. The van der Waals surface area contributed by atoms with E-state index < -0.39 is 17.8 Å². The molecule has 3 N–H and O–H groups in total. The summed E-state index contributed by atoms with van der Waals surface area (Å²) in [6.07, 6.45) is 2.68. The maximum atomic E-state index is 12.9. The minimum atomic E-state index is -4.56. The van der Waals surface area contributed by atoms with Crippen molar-refractivity contribution in [3.8, 4) is 0 Å². The Morgan fingerprint density at radius 2 is 1.94 bits per heavy atom. The van der Waals surface area contributed by atoms with Crippen LogP contribution in [0.4, 0.5) is 24.7 Å². The van der Waals surface area contributed by atoms with Crippen LogP contribution in [0.1, 0.15) is 45.7 Å². The van der Waals surface area contributed by atoms with E-state index in [1.807, 2.05) is 26.0 Å². The number of carbonyl (C=O) groups is 1. The van der Waals surface area contributed by atoms with Crippen molar-refractivity contribution in [2.24, 2.45) is 0 Å². The Morgan fingerprint density at radius 1 is 1.18 bits per heavy atom. The van der Waals surface area contributed by atoms with Crippen molar-refractivity contribution in [1.29, 1.82) is 0 Å². The number of aryl methyl sites for hydroxylation is 2. The summed E-state index contributed by atoms with van der Waals surface area (Å²) in [4.78, 5) is 20.0. The average molecular weight is 481 g/mol. The smallest absolute Gasteiger partial charge is 0.560 e. The Bertz CT molecular complexity index is 1130. The minimum absolute atomic E-state index is 0. The number of amides is 1. The first-order valence-corrected chi connectivity index (χ1v) is 9.77. The van der Waals surface area contributed by atoms with Crippen molar-refractivity contribution < 1.29 is 69.4 Å². The van der Waals surface area contributed by atoms with Crippen molar-refractivity contribution >= 4 is 17.4 Å². The number of pyridine rings is 1. The number of halogens is 3. The molecule has 1 unspecified atom stereocenters. The molecule has 0 aliphatic carbocycles. The monoisotopic (exact) mass is 480 g/mol. The third-order valence-electron chi connectivity index (χ3n) is 4.62. The summed E-state index contributed by atoms with van der Waals surface area (Å²) >= 11 is 0. The number of nitrogens with zero attached hydrogens (tertiary/aromatic N) is 2. The largest absolute Gasteiger partial charge is 1.00 e. The van der Waals surface area contributed by atoms with Crippen molar-refractivity contribution in [3.63, 3.8) is 0 Å². The number of carbonyl (C=O) groups excluding carboxylic acids is 1.